The second-order valence-corrected chi connectivity index (χ2v) is 5.52. The molecule has 2 aromatic rings. The van der Waals surface area contributed by atoms with E-state index in [-0.39, 0.29) is 0 Å². The number of methoxy groups -OCH3 is 1. The molecule has 0 heterocycles. The molecule has 0 aliphatic rings. The van der Waals surface area contributed by atoms with Gasteiger partial charge in [0.25, 0.3) is 0 Å². The van der Waals surface area contributed by atoms with Crippen LogP contribution in [0, 0.1) is 0 Å². The minimum absolute atomic E-state index is 0.726. The largest absolute Gasteiger partial charge is 0.496 e. The molecule has 2 rings (SSSR count). The van der Waals surface area contributed by atoms with Gasteiger partial charge >= 0.3 is 0 Å². The molecule has 0 amide bonds. The highest BCUT2D eigenvalue weighted by Gasteiger charge is 2.01. The van der Waals surface area contributed by atoms with Crippen LogP contribution in [0.3, 0.4) is 0 Å². The van der Waals surface area contributed by atoms with Crippen molar-refractivity contribution in [1.29, 1.82) is 0 Å². The van der Waals surface area contributed by atoms with Gasteiger partial charge in [0.1, 0.15) is 11.5 Å². The summed E-state index contributed by atoms with van der Waals surface area (Å²) in [7, 11) is 1.67. The Morgan fingerprint density at radius 2 is 1.90 bits per heavy atom. The average Bonchev–Trinajstić information content (AvgIpc) is 2.52. The second-order valence-electron chi connectivity index (χ2n) is 4.66. The highest BCUT2D eigenvalue weighted by Crippen LogP contribution is 2.25. The van der Waals surface area contributed by atoms with E-state index in [1.807, 2.05) is 36.4 Å². The highest BCUT2D eigenvalue weighted by molar-refractivity contribution is 9.10. The summed E-state index contributed by atoms with van der Waals surface area (Å²) in [6.07, 6.45) is 0.978. The number of rotatable bonds is 8. The summed E-state index contributed by atoms with van der Waals surface area (Å²) in [6, 6.07) is 16.0. The Kier molecular flexibility index (Phi) is 6.57. The number of nitrogens with one attached hydrogen (secondary N) is 1. The minimum Gasteiger partial charge on any atom is -0.496 e. The van der Waals surface area contributed by atoms with Crippen LogP contribution in [-0.2, 0) is 6.54 Å². The fourth-order valence-electron chi connectivity index (χ4n) is 1.96. The maximum absolute atomic E-state index is 5.64. The molecule has 2 aromatic carbocycles. The molecule has 0 saturated carbocycles. The Labute approximate surface area is 134 Å². The SMILES string of the molecule is COc1ccc(CNCCCOc2ccccc2)cc1Br. The molecular weight excluding hydrogens is 330 g/mol. The zero-order valence-corrected chi connectivity index (χ0v) is 13.7. The predicted molar refractivity (Wildman–Crippen MR) is 89.0 cm³/mol. The lowest BCUT2D eigenvalue weighted by Crippen LogP contribution is -2.17. The second kappa shape index (κ2) is 8.70. The van der Waals surface area contributed by atoms with Crippen LogP contribution in [0.2, 0.25) is 0 Å². The Bertz CT molecular complexity index is 546. The van der Waals surface area contributed by atoms with Crippen molar-refractivity contribution in [3.8, 4) is 11.5 Å². The molecule has 0 aliphatic carbocycles. The van der Waals surface area contributed by atoms with E-state index in [0.29, 0.717) is 0 Å². The third-order valence-electron chi connectivity index (χ3n) is 3.06. The van der Waals surface area contributed by atoms with Gasteiger partial charge in [-0.2, -0.15) is 0 Å². The molecule has 0 saturated heterocycles. The molecule has 112 valence electrons. The number of para-hydroxylation sites is 1. The third kappa shape index (κ3) is 5.40. The smallest absolute Gasteiger partial charge is 0.133 e. The maximum Gasteiger partial charge on any atom is 0.133 e. The zero-order valence-electron chi connectivity index (χ0n) is 12.1. The molecule has 0 fully saturated rings. The van der Waals surface area contributed by atoms with Gasteiger partial charge in [-0.3, -0.25) is 0 Å². The van der Waals surface area contributed by atoms with Crippen molar-refractivity contribution in [3.63, 3.8) is 0 Å². The highest BCUT2D eigenvalue weighted by atomic mass is 79.9. The lowest BCUT2D eigenvalue weighted by molar-refractivity contribution is 0.308. The van der Waals surface area contributed by atoms with Gasteiger partial charge in [-0.05, 0) is 58.7 Å². The Balaban J connectivity index is 1.62. The molecule has 0 radical (unpaired) electrons. The van der Waals surface area contributed by atoms with E-state index < -0.39 is 0 Å². The van der Waals surface area contributed by atoms with Crippen molar-refractivity contribution in [2.45, 2.75) is 13.0 Å². The van der Waals surface area contributed by atoms with Crippen LogP contribution in [-0.4, -0.2) is 20.3 Å². The van der Waals surface area contributed by atoms with E-state index in [2.05, 4.69) is 33.4 Å². The quantitative estimate of drug-likeness (QED) is 0.730. The van der Waals surface area contributed by atoms with Gasteiger partial charge in [-0.25, -0.2) is 0 Å². The molecule has 1 N–H and O–H groups in total. The Morgan fingerprint density at radius 1 is 1.10 bits per heavy atom. The molecule has 3 nitrogen and oxygen atoms in total. The first-order valence-corrected chi connectivity index (χ1v) is 7.80. The minimum atomic E-state index is 0.726. The molecule has 0 bridgehead atoms. The molecule has 0 spiro atoms. The van der Waals surface area contributed by atoms with E-state index in [0.717, 1.165) is 42.1 Å². The fourth-order valence-corrected chi connectivity index (χ4v) is 2.54. The molecule has 4 heteroatoms. The first kappa shape index (κ1) is 15.9. The first-order valence-electron chi connectivity index (χ1n) is 7.00. The summed E-state index contributed by atoms with van der Waals surface area (Å²) < 4.78 is 11.8. The van der Waals surface area contributed by atoms with Crippen LogP contribution in [0.25, 0.3) is 0 Å². The van der Waals surface area contributed by atoms with Crippen molar-refractivity contribution in [2.24, 2.45) is 0 Å². The standard InChI is InChI=1S/C17H20BrNO2/c1-20-17-9-8-14(12-16(17)18)13-19-10-5-11-21-15-6-3-2-4-7-15/h2-4,6-9,12,19H,5,10-11,13H2,1H3. The molecule has 0 aromatic heterocycles. The van der Waals surface area contributed by atoms with Gasteiger partial charge < -0.3 is 14.8 Å². The topological polar surface area (TPSA) is 30.5 Å². The lowest BCUT2D eigenvalue weighted by atomic mass is 10.2. The van der Waals surface area contributed by atoms with Gasteiger partial charge in [0.2, 0.25) is 0 Å². The lowest BCUT2D eigenvalue weighted by Gasteiger charge is -2.09. The Morgan fingerprint density at radius 3 is 2.62 bits per heavy atom. The van der Waals surface area contributed by atoms with Crippen molar-refractivity contribution in [1.82, 2.24) is 5.32 Å². The summed E-state index contributed by atoms with van der Waals surface area (Å²) in [5.74, 6) is 1.78. The number of benzene rings is 2. The predicted octanol–water partition coefficient (Wildman–Crippen LogP) is 4.02. The summed E-state index contributed by atoms with van der Waals surface area (Å²) in [5.41, 5.74) is 1.23. The summed E-state index contributed by atoms with van der Waals surface area (Å²) >= 11 is 3.49. The molecular formula is C17H20BrNO2. The van der Waals surface area contributed by atoms with Crippen LogP contribution in [0.15, 0.2) is 53.0 Å². The van der Waals surface area contributed by atoms with Crippen LogP contribution >= 0.6 is 15.9 Å². The maximum atomic E-state index is 5.64. The fraction of sp³-hybridized carbons (Fsp3) is 0.294. The van der Waals surface area contributed by atoms with Crippen LogP contribution in [0.1, 0.15) is 12.0 Å². The van der Waals surface area contributed by atoms with Crippen molar-refractivity contribution >= 4 is 15.9 Å². The molecule has 0 atom stereocenters. The first-order chi connectivity index (χ1) is 10.3. The van der Waals surface area contributed by atoms with Crippen LogP contribution in [0.4, 0.5) is 0 Å². The van der Waals surface area contributed by atoms with Gasteiger partial charge in [-0.1, -0.05) is 24.3 Å². The Hall–Kier alpha value is -1.52. The normalized spacial score (nSPS) is 10.4. The third-order valence-corrected chi connectivity index (χ3v) is 3.67. The van der Waals surface area contributed by atoms with Crippen LogP contribution < -0.4 is 14.8 Å². The van der Waals surface area contributed by atoms with Crippen molar-refractivity contribution < 1.29 is 9.47 Å². The van der Waals surface area contributed by atoms with Gasteiger partial charge in [0, 0.05) is 6.54 Å². The monoisotopic (exact) mass is 349 g/mol. The van der Waals surface area contributed by atoms with E-state index in [1.165, 1.54) is 5.56 Å². The van der Waals surface area contributed by atoms with Crippen molar-refractivity contribution in [3.05, 3.63) is 58.6 Å². The number of halogens is 1. The molecule has 21 heavy (non-hydrogen) atoms. The number of ether oxygens (including phenoxy) is 2. The van der Waals surface area contributed by atoms with E-state index in [1.54, 1.807) is 7.11 Å². The molecule has 0 aliphatic heterocycles. The number of hydrogen-bond donors (Lipinski definition) is 1. The average molecular weight is 350 g/mol. The molecule has 0 unspecified atom stereocenters. The summed E-state index contributed by atoms with van der Waals surface area (Å²) in [5, 5.41) is 3.41. The van der Waals surface area contributed by atoms with E-state index >= 15 is 0 Å². The van der Waals surface area contributed by atoms with E-state index in [9.17, 15) is 0 Å². The van der Waals surface area contributed by atoms with Crippen LogP contribution in [0.5, 0.6) is 11.5 Å². The zero-order chi connectivity index (χ0) is 14.9. The van der Waals surface area contributed by atoms with E-state index in [4.69, 9.17) is 9.47 Å². The summed E-state index contributed by atoms with van der Waals surface area (Å²) in [4.78, 5) is 0. The summed E-state index contributed by atoms with van der Waals surface area (Å²) in [6.45, 7) is 2.49. The van der Waals surface area contributed by atoms with Gasteiger partial charge in [0.15, 0.2) is 0 Å². The van der Waals surface area contributed by atoms with Gasteiger partial charge in [0.05, 0.1) is 18.2 Å². The van der Waals surface area contributed by atoms with Crippen molar-refractivity contribution in [2.75, 3.05) is 20.3 Å². The van der Waals surface area contributed by atoms with Gasteiger partial charge in [-0.15, -0.1) is 0 Å². The number of hydrogen-bond acceptors (Lipinski definition) is 3.